The summed E-state index contributed by atoms with van der Waals surface area (Å²) in [6, 6.07) is 7.21. The third-order valence-corrected chi connectivity index (χ3v) is 2.66. The number of rotatable bonds is 4. The van der Waals surface area contributed by atoms with Gasteiger partial charge in [-0.25, -0.2) is 4.79 Å². The topological polar surface area (TPSA) is 68.5 Å². The number of ether oxygens (including phenoxy) is 1. The van der Waals surface area contributed by atoms with E-state index in [2.05, 4.69) is 10.1 Å². The normalized spacial score (nSPS) is 10.3. The predicted molar refractivity (Wildman–Crippen MR) is 68.9 cm³/mol. The van der Waals surface area contributed by atoms with E-state index in [1.807, 2.05) is 24.1 Å². The van der Waals surface area contributed by atoms with Crippen molar-refractivity contribution >= 4 is 11.7 Å². The van der Waals surface area contributed by atoms with Gasteiger partial charge in [-0.1, -0.05) is 17.3 Å². The Balaban J connectivity index is 2.23. The zero-order valence-corrected chi connectivity index (χ0v) is 11.1. The largest absolute Gasteiger partial charge is 0.465 e. The minimum atomic E-state index is -0.371. The maximum atomic E-state index is 11.7. The first kappa shape index (κ1) is 13.1. The molecule has 0 aliphatic rings. The lowest BCUT2D eigenvalue weighted by atomic mass is 10.1. The molecular weight excluding hydrogens is 246 g/mol. The van der Waals surface area contributed by atoms with Gasteiger partial charge in [-0.2, -0.15) is 4.98 Å². The van der Waals surface area contributed by atoms with Crippen LogP contribution >= 0.6 is 0 Å². The molecule has 0 aliphatic carbocycles. The summed E-state index contributed by atoms with van der Waals surface area (Å²) in [7, 11) is 3.21. The molecule has 0 saturated heterocycles. The SMILES string of the molecule is COC(=O)c1ccccc1N(C)Cc1nc(C)no1. The first-order valence-corrected chi connectivity index (χ1v) is 5.79. The van der Waals surface area contributed by atoms with Crippen LogP contribution in [-0.2, 0) is 11.3 Å². The van der Waals surface area contributed by atoms with Gasteiger partial charge < -0.3 is 14.2 Å². The second-order valence-electron chi connectivity index (χ2n) is 4.10. The molecule has 0 radical (unpaired) electrons. The zero-order chi connectivity index (χ0) is 13.8. The van der Waals surface area contributed by atoms with E-state index < -0.39 is 0 Å². The Morgan fingerprint density at radius 1 is 1.42 bits per heavy atom. The smallest absolute Gasteiger partial charge is 0.339 e. The summed E-state index contributed by atoms with van der Waals surface area (Å²) in [4.78, 5) is 17.7. The van der Waals surface area contributed by atoms with E-state index in [4.69, 9.17) is 9.26 Å². The molecule has 19 heavy (non-hydrogen) atoms. The monoisotopic (exact) mass is 261 g/mol. The molecule has 2 aromatic rings. The number of carbonyl (C=O) groups excluding carboxylic acids is 1. The summed E-state index contributed by atoms with van der Waals surface area (Å²) < 4.78 is 9.83. The minimum Gasteiger partial charge on any atom is -0.465 e. The highest BCUT2D eigenvalue weighted by molar-refractivity contribution is 5.95. The second-order valence-corrected chi connectivity index (χ2v) is 4.10. The lowest BCUT2D eigenvalue weighted by molar-refractivity contribution is 0.0601. The Hall–Kier alpha value is -2.37. The van der Waals surface area contributed by atoms with Gasteiger partial charge in [-0.3, -0.25) is 0 Å². The van der Waals surface area contributed by atoms with Crippen LogP contribution in [0.15, 0.2) is 28.8 Å². The van der Waals surface area contributed by atoms with Crippen LogP contribution in [0.4, 0.5) is 5.69 Å². The van der Waals surface area contributed by atoms with Crippen LogP contribution < -0.4 is 4.90 Å². The molecule has 2 rings (SSSR count). The minimum absolute atomic E-state index is 0.371. The molecule has 6 nitrogen and oxygen atoms in total. The van der Waals surface area contributed by atoms with Crippen molar-refractivity contribution in [3.05, 3.63) is 41.5 Å². The number of hydrogen-bond donors (Lipinski definition) is 0. The summed E-state index contributed by atoms with van der Waals surface area (Å²) in [6.07, 6.45) is 0. The van der Waals surface area contributed by atoms with Crippen LogP contribution in [0.2, 0.25) is 0 Å². The Kier molecular flexibility index (Phi) is 3.79. The molecule has 6 heteroatoms. The number of methoxy groups -OCH3 is 1. The fourth-order valence-electron chi connectivity index (χ4n) is 1.78. The number of aryl methyl sites for hydroxylation is 1. The first-order valence-electron chi connectivity index (χ1n) is 5.79. The predicted octanol–water partition coefficient (Wildman–Crippen LogP) is 1.80. The molecule has 0 unspecified atom stereocenters. The van der Waals surface area contributed by atoms with Gasteiger partial charge in [-0.05, 0) is 19.1 Å². The molecule has 0 bridgehead atoms. The zero-order valence-electron chi connectivity index (χ0n) is 11.1. The van der Waals surface area contributed by atoms with E-state index in [1.54, 1.807) is 19.1 Å². The number of esters is 1. The molecule has 0 saturated carbocycles. The van der Waals surface area contributed by atoms with E-state index in [-0.39, 0.29) is 5.97 Å². The number of carbonyl (C=O) groups is 1. The quantitative estimate of drug-likeness (QED) is 0.782. The third kappa shape index (κ3) is 2.90. The van der Waals surface area contributed by atoms with E-state index in [0.29, 0.717) is 23.8 Å². The summed E-state index contributed by atoms with van der Waals surface area (Å²) >= 11 is 0. The number of benzene rings is 1. The van der Waals surface area contributed by atoms with E-state index in [1.165, 1.54) is 7.11 Å². The molecule has 1 aromatic carbocycles. The van der Waals surface area contributed by atoms with Gasteiger partial charge in [0.2, 0.25) is 5.89 Å². The maximum absolute atomic E-state index is 11.7. The highest BCUT2D eigenvalue weighted by Crippen LogP contribution is 2.21. The van der Waals surface area contributed by atoms with E-state index in [0.717, 1.165) is 5.69 Å². The van der Waals surface area contributed by atoms with Crippen molar-refractivity contribution in [1.82, 2.24) is 10.1 Å². The van der Waals surface area contributed by atoms with E-state index in [9.17, 15) is 4.79 Å². The highest BCUT2D eigenvalue weighted by Gasteiger charge is 2.16. The van der Waals surface area contributed by atoms with Crippen molar-refractivity contribution in [3.8, 4) is 0 Å². The van der Waals surface area contributed by atoms with Crippen LogP contribution in [0.1, 0.15) is 22.1 Å². The van der Waals surface area contributed by atoms with Gasteiger partial charge in [0, 0.05) is 7.05 Å². The molecule has 1 aromatic heterocycles. The van der Waals surface area contributed by atoms with Crippen molar-refractivity contribution in [2.24, 2.45) is 0 Å². The summed E-state index contributed by atoms with van der Waals surface area (Å²) in [5.41, 5.74) is 1.26. The first-order chi connectivity index (χ1) is 9.11. The third-order valence-electron chi connectivity index (χ3n) is 2.66. The molecule has 0 aliphatic heterocycles. The molecule has 0 spiro atoms. The van der Waals surface area contributed by atoms with Crippen molar-refractivity contribution in [3.63, 3.8) is 0 Å². The lowest BCUT2D eigenvalue weighted by Crippen LogP contribution is -2.20. The number of nitrogens with zero attached hydrogens (tertiary/aromatic N) is 3. The van der Waals surface area contributed by atoms with E-state index >= 15 is 0 Å². The van der Waals surface area contributed by atoms with Crippen molar-refractivity contribution in [2.45, 2.75) is 13.5 Å². The summed E-state index contributed by atoms with van der Waals surface area (Å²) in [5.74, 6) is 0.716. The number of aromatic nitrogens is 2. The summed E-state index contributed by atoms with van der Waals surface area (Å²) in [5, 5.41) is 3.73. The van der Waals surface area contributed by atoms with Gasteiger partial charge in [0.1, 0.15) is 0 Å². The standard InChI is InChI=1S/C13H15N3O3/c1-9-14-12(19-15-9)8-16(2)11-7-5-4-6-10(11)13(17)18-3/h4-7H,8H2,1-3H3. The van der Waals surface area contributed by atoms with Crippen LogP contribution in [0.25, 0.3) is 0 Å². The molecule has 0 N–H and O–H groups in total. The fourth-order valence-corrected chi connectivity index (χ4v) is 1.78. The number of para-hydroxylation sites is 1. The van der Waals surface area contributed by atoms with Gasteiger partial charge in [-0.15, -0.1) is 0 Å². The Labute approximate surface area is 111 Å². The fraction of sp³-hybridized carbons (Fsp3) is 0.308. The molecule has 1 heterocycles. The highest BCUT2D eigenvalue weighted by atomic mass is 16.5. The van der Waals surface area contributed by atoms with Gasteiger partial charge in [0.25, 0.3) is 0 Å². The summed E-state index contributed by atoms with van der Waals surface area (Å²) in [6.45, 7) is 2.18. The molecule has 100 valence electrons. The number of anilines is 1. The molecule has 0 atom stereocenters. The lowest BCUT2D eigenvalue weighted by Gasteiger charge is -2.19. The van der Waals surface area contributed by atoms with Gasteiger partial charge in [0.15, 0.2) is 5.82 Å². The van der Waals surface area contributed by atoms with Crippen LogP contribution in [-0.4, -0.2) is 30.3 Å². The Morgan fingerprint density at radius 3 is 2.79 bits per heavy atom. The van der Waals surface area contributed by atoms with Crippen molar-refractivity contribution in [2.75, 3.05) is 19.1 Å². The van der Waals surface area contributed by atoms with Gasteiger partial charge >= 0.3 is 5.97 Å². The molecular formula is C13H15N3O3. The molecule has 0 amide bonds. The molecule has 0 fully saturated rings. The van der Waals surface area contributed by atoms with Crippen LogP contribution in [0.5, 0.6) is 0 Å². The Morgan fingerprint density at radius 2 is 2.16 bits per heavy atom. The Bertz CT molecular complexity index is 580. The average molecular weight is 261 g/mol. The van der Waals surface area contributed by atoms with Crippen LogP contribution in [0, 0.1) is 6.92 Å². The van der Waals surface area contributed by atoms with Crippen LogP contribution in [0.3, 0.4) is 0 Å². The number of hydrogen-bond acceptors (Lipinski definition) is 6. The van der Waals surface area contributed by atoms with Crippen molar-refractivity contribution in [1.29, 1.82) is 0 Å². The maximum Gasteiger partial charge on any atom is 0.339 e. The average Bonchev–Trinajstić information content (AvgIpc) is 2.83. The second kappa shape index (κ2) is 5.51. The van der Waals surface area contributed by atoms with Gasteiger partial charge in [0.05, 0.1) is 24.9 Å². The van der Waals surface area contributed by atoms with Crippen molar-refractivity contribution < 1.29 is 14.1 Å².